The van der Waals surface area contributed by atoms with Crippen molar-refractivity contribution in [2.24, 2.45) is 0 Å². The lowest BCUT2D eigenvalue weighted by molar-refractivity contribution is 0.202. The van der Waals surface area contributed by atoms with Gasteiger partial charge >= 0.3 is 0 Å². The van der Waals surface area contributed by atoms with E-state index < -0.39 is 0 Å². The van der Waals surface area contributed by atoms with Gasteiger partial charge in [-0.3, -0.25) is 4.90 Å². The van der Waals surface area contributed by atoms with E-state index in [4.69, 9.17) is 0 Å². The summed E-state index contributed by atoms with van der Waals surface area (Å²) >= 11 is 3.60. The average Bonchev–Trinajstić information content (AvgIpc) is 2.92. The number of nitrogens with zero attached hydrogens (tertiary/aromatic N) is 1. The highest BCUT2D eigenvalue weighted by Gasteiger charge is 2.21. The standard InChI is InChI=1S/C17H26BrN/c1-14(2)16-9-7-15(8-10-16)13-19(12-11-18)17-5-3-4-6-17/h7-10,14,17H,3-6,11-13H2,1-2H3. The van der Waals surface area contributed by atoms with Gasteiger partial charge in [-0.2, -0.15) is 0 Å². The molecule has 106 valence electrons. The van der Waals surface area contributed by atoms with Crippen molar-refractivity contribution in [1.82, 2.24) is 4.90 Å². The Balaban J connectivity index is 1.99. The van der Waals surface area contributed by atoms with E-state index in [-0.39, 0.29) is 0 Å². The molecule has 0 bridgehead atoms. The van der Waals surface area contributed by atoms with Crippen LogP contribution in [0.3, 0.4) is 0 Å². The summed E-state index contributed by atoms with van der Waals surface area (Å²) in [5, 5.41) is 1.08. The highest BCUT2D eigenvalue weighted by molar-refractivity contribution is 9.09. The zero-order chi connectivity index (χ0) is 13.7. The second kappa shape index (κ2) is 7.44. The molecular formula is C17H26BrN. The maximum Gasteiger partial charge on any atom is 0.0237 e. The van der Waals surface area contributed by atoms with E-state index in [0.29, 0.717) is 5.92 Å². The Labute approximate surface area is 126 Å². The predicted octanol–water partition coefficient (Wildman–Crippen LogP) is 4.95. The van der Waals surface area contributed by atoms with Crippen molar-refractivity contribution < 1.29 is 0 Å². The van der Waals surface area contributed by atoms with Crippen LogP contribution in [0.1, 0.15) is 56.6 Å². The molecule has 0 atom stereocenters. The molecule has 0 unspecified atom stereocenters. The molecular weight excluding hydrogens is 298 g/mol. The third kappa shape index (κ3) is 4.32. The summed E-state index contributed by atoms with van der Waals surface area (Å²) in [7, 11) is 0. The zero-order valence-electron chi connectivity index (χ0n) is 12.2. The molecule has 0 saturated heterocycles. The number of rotatable bonds is 6. The number of alkyl halides is 1. The molecule has 1 saturated carbocycles. The lowest BCUT2D eigenvalue weighted by atomic mass is 10.0. The van der Waals surface area contributed by atoms with Gasteiger partial charge in [-0.1, -0.05) is 66.9 Å². The van der Waals surface area contributed by atoms with Crippen molar-refractivity contribution in [3.63, 3.8) is 0 Å². The monoisotopic (exact) mass is 323 g/mol. The molecule has 19 heavy (non-hydrogen) atoms. The Morgan fingerprint density at radius 2 is 1.79 bits per heavy atom. The number of hydrogen-bond donors (Lipinski definition) is 0. The van der Waals surface area contributed by atoms with Crippen LogP contribution in [0.5, 0.6) is 0 Å². The first kappa shape index (κ1) is 15.1. The number of benzene rings is 1. The molecule has 1 nitrogen and oxygen atoms in total. The van der Waals surface area contributed by atoms with Gasteiger partial charge < -0.3 is 0 Å². The van der Waals surface area contributed by atoms with E-state index in [1.165, 1.54) is 36.8 Å². The van der Waals surface area contributed by atoms with Gasteiger partial charge in [0.2, 0.25) is 0 Å². The molecule has 0 heterocycles. The van der Waals surface area contributed by atoms with Crippen LogP contribution in [0.25, 0.3) is 0 Å². The van der Waals surface area contributed by atoms with Crippen molar-refractivity contribution in [1.29, 1.82) is 0 Å². The summed E-state index contributed by atoms with van der Waals surface area (Å²) in [4.78, 5) is 2.66. The molecule has 0 aromatic heterocycles. The third-order valence-corrected chi connectivity index (χ3v) is 4.60. The summed E-state index contributed by atoms with van der Waals surface area (Å²) in [5.74, 6) is 0.627. The average molecular weight is 324 g/mol. The predicted molar refractivity (Wildman–Crippen MR) is 87.0 cm³/mol. The second-order valence-electron chi connectivity index (χ2n) is 5.99. The smallest absolute Gasteiger partial charge is 0.0237 e. The van der Waals surface area contributed by atoms with Crippen LogP contribution in [0.15, 0.2) is 24.3 Å². The zero-order valence-corrected chi connectivity index (χ0v) is 13.8. The molecule has 1 aliphatic rings. The highest BCUT2D eigenvalue weighted by atomic mass is 79.9. The topological polar surface area (TPSA) is 3.24 Å². The molecule has 0 N–H and O–H groups in total. The van der Waals surface area contributed by atoms with Crippen molar-refractivity contribution in [3.05, 3.63) is 35.4 Å². The molecule has 0 amide bonds. The van der Waals surface area contributed by atoms with Crippen LogP contribution in [0.4, 0.5) is 0 Å². The van der Waals surface area contributed by atoms with E-state index in [9.17, 15) is 0 Å². The van der Waals surface area contributed by atoms with E-state index in [2.05, 4.69) is 58.9 Å². The van der Waals surface area contributed by atoms with Gasteiger partial charge in [0, 0.05) is 24.5 Å². The molecule has 0 radical (unpaired) electrons. The van der Waals surface area contributed by atoms with Crippen molar-refractivity contribution in [2.75, 3.05) is 11.9 Å². The first-order valence-electron chi connectivity index (χ1n) is 7.59. The molecule has 1 fully saturated rings. The van der Waals surface area contributed by atoms with Crippen LogP contribution in [0.2, 0.25) is 0 Å². The third-order valence-electron chi connectivity index (χ3n) is 4.24. The van der Waals surface area contributed by atoms with Gasteiger partial charge in [-0.25, -0.2) is 0 Å². The van der Waals surface area contributed by atoms with Gasteiger partial charge in [-0.05, 0) is 29.9 Å². The molecule has 0 spiro atoms. The van der Waals surface area contributed by atoms with Crippen molar-refractivity contribution in [2.45, 2.75) is 58.0 Å². The summed E-state index contributed by atoms with van der Waals surface area (Å²) < 4.78 is 0. The minimum atomic E-state index is 0.627. The molecule has 1 aromatic rings. The van der Waals surface area contributed by atoms with Crippen LogP contribution in [-0.2, 0) is 6.54 Å². The lowest BCUT2D eigenvalue weighted by Gasteiger charge is -2.28. The highest BCUT2D eigenvalue weighted by Crippen LogP contribution is 2.25. The first-order valence-corrected chi connectivity index (χ1v) is 8.71. The normalized spacial score (nSPS) is 16.7. The molecule has 1 aromatic carbocycles. The fourth-order valence-corrected chi connectivity index (χ4v) is 3.47. The SMILES string of the molecule is CC(C)c1ccc(CN(CCBr)C2CCCC2)cc1. The maximum atomic E-state index is 3.60. The summed E-state index contributed by atoms with van der Waals surface area (Å²) in [5.41, 5.74) is 2.90. The number of halogens is 1. The van der Waals surface area contributed by atoms with Gasteiger partial charge in [0.1, 0.15) is 0 Å². The fourth-order valence-electron chi connectivity index (χ4n) is 3.01. The molecule has 0 aliphatic heterocycles. The minimum Gasteiger partial charge on any atom is -0.295 e. The van der Waals surface area contributed by atoms with Gasteiger partial charge in [0.25, 0.3) is 0 Å². The van der Waals surface area contributed by atoms with Crippen LogP contribution >= 0.6 is 15.9 Å². The van der Waals surface area contributed by atoms with Crippen LogP contribution in [0, 0.1) is 0 Å². The Morgan fingerprint density at radius 3 is 2.32 bits per heavy atom. The van der Waals surface area contributed by atoms with Crippen LogP contribution in [-0.4, -0.2) is 22.8 Å². The molecule has 1 aliphatic carbocycles. The van der Waals surface area contributed by atoms with Gasteiger partial charge in [0.05, 0.1) is 0 Å². The van der Waals surface area contributed by atoms with E-state index in [1.54, 1.807) is 0 Å². The largest absolute Gasteiger partial charge is 0.295 e. The Bertz CT molecular complexity index is 365. The Kier molecular flexibility index (Phi) is 5.90. The lowest BCUT2D eigenvalue weighted by Crippen LogP contribution is -2.34. The summed E-state index contributed by atoms with van der Waals surface area (Å²) in [6.45, 7) is 6.78. The number of hydrogen-bond acceptors (Lipinski definition) is 1. The quantitative estimate of drug-likeness (QED) is 0.669. The Hall–Kier alpha value is -0.340. The van der Waals surface area contributed by atoms with E-state index in [1.807, 2.05) is 0 Å². The Morgan fingerprint density at radius 1 is 1.16 bits per heavy atom. The molecule has 2 rings (SSSR count). The van der Waals surface area contributed by atoms with E-state index >= 15 is 0 Å². The van der Waals surface area contributed by atoms with Crippen LogP contribution < -0.4 is 0 Å². The minimum absolute atomic E-state index is 0.627. The molecule has 2 heteroatoms. The van der Waals surface area contributed by atoms with E-state index in [0.717, 1.165) is 24.5 Å². The van der Waals surface area contributed by atoms with Crippen molar-refractivity contribution >= 4 is 15.9 Å². The second-order valence-corrected chi connectivity index (χ2v) is 6.79. The van der Waals surface area contributed by atoms with Gasteiger partial charge in [0.15, 0.2) is 0 Å². The van der Waals surface area contributed by atoms with Crippen molar-refractivity contribution in [3.8, 4) is 0 Å². The summed E-state index contributed by atoms with van der Waals surface area (Å²) in [6, 6.07) is 10.0. The fraction of sp³-hybridized carbons (Fsp3) is 0.647. The maximum absolute atomic E-state index is 3.60. The first-order chi connectivity index (χ1) is 9.20. The summed E-state index contributed by atoms with van der Waals surface area (Å²) in [6.07, 6.45) is 5.60. The van der Waals surface area contributed by atoms with Gasteiger partial charge in [-0.15, -0.1) is 0 Å².